The molecule has 0 saturated heterocycles. The number of carbonyl (C=O) groups excluding carboxylic acids is 2. The van der Waals surface area contributed by atoms with Crippen LogP contribution in [0.5, 0.6) is 11.5 Å². The molecule has 3 rings (SSSR count). The fourth-order valence-electron chi connectivity index (χ4n) is 2.65. The highest BCUT2D eigenvalue weighted by molar-refractivity contribution is 7.12. The predicted molar refractivity (Wildman–Crippen MR) is 110 cm³/mol. The highest BCUT2D eigenvalue weighted by Crippen LogP contribution is 2.30. The van der Waals surface area contributed by atoms with E-state index in [1.54, 1.807) is 31.7 Å². The molecular weight excluding hydrogens is 392 g/mol. The van der Waals surface area contributed by atoms with Crippen LogP contribution in [0.3, 0.4) is 0 Å². The predicted octanol–water partition coefficient (Wildman–Crippen LogP) is 3.30. The van der Waals surface area contributed by atoms with Crippen molar-refractivity contribution in [2.24, 2.45) is 0 Å². The van der Waals surface area contributed by atoms with Gasteiger partial charge in [-0.1, -0.05) is 6.07 Å². The molecule has 29 heavy (non-hydrogen) atoms. The van der Waals surface area contributed by atoms with Crippen LogP contribution in [0.4, 0.5) is 5.69 Å². The smallest absolute Gasteiger partial charge is 0.275 e. The molecule has 150 valence electrons. The van der Waals surface area contributed by atoms with Crippen LogP contribution in [0.25, 0.3) is 0 Å². The molecule has 1 aromatic carbocycles. The largest absolute Gasteiger partial charge is 0.493 e. The van der Waals surface area contributed by atoms with Crippen molar-refractivity contribution in [3.8, 4) is 11.5 Å². The first-order valence-corrected chi connectivity index (χ1v) is 9.59. The first kappa shape index (κ1) is 20.3. The molecule has 0 aliphatic heterocycles. The molecule has 1 unspecified atom stereocenters. The van der Waals surface area contributed by atoms with Crippen molar-refractivity contribution in [1.29, 1.82) is 0 Å². The van der Waals surface area contributed by atoms with Crippen LogP contribution in [0.1, 0.15) is 38.7 Å². The van der Waals surface area contributed by atoms with Crippen LogP contribution in [-0.4, -0.2) is 36.0 Å². The Bertz CT molecular complexity index is 1010. The number of benzene rings is 1. The normalized spacial score (nSPS) is 11.4. The monoisotopic (exact) mass is 412 g/mol. The summed E-state index contributed by atoms with van der Waals surface area (Å²) >= 11 is 1.24. The molecule has 0 bridgehead atoms. The molecular formula is C20H20N4O4S. The second-order valence-electron chi connectivity index (χ2n) is 6.02. The summed E-state index contributed by atoms with van der Waals surface area (Å²) in [5.74, 6) is 0.469. The Kier molecular flexibility index (Phi) is 6.40. The Balaban J connectivity index is 1.72. The Labute approximate surface area is 171 Å². The Morgan fingerprint density at radius 1 is 1.07 bits per heavy atom. The van der Waals surface area contributed by atoms with E-state index in [0.29, 0.717) is 22.1 Å². The van der Waals surface area contributed by atoms with E-state index < -0.39 is 5.91 Å². The van der Waals surface area contributed by atoms with Crippen molar-refractivity contribution < 1.29 is 19.1 Å². The van der Waals surface area contributed by atoms with E-state index in [2.05, 4.69) is 20.6 Å². The fourth-order valence-corrected chi connectivity index (χ4v) is 3.41. The maximum absolute atomic E-state index is 12.8. The lowest BCUT2D eigenvalue weighted by molar-refractivity contribution is 0.0944. The van der Waals surface area contributed by atoms with Gasteiger partial charge in [0, 0.05) is 12.4 Å². The van der Waals surface area contributed by atoms with Crippen LogP contribution in [-0.2, 0) is 0 Å². The third kappa shape index (κ3) is 4.69. The van der Waals surface area contributed by atoms with Crippen LogP contribution < -0.4 is 20.1 Å². The molecule has 2 aromatic heterocycles. The molecule has 0 aliphatic carbocycles. The number of methoxy groups -OCH3 is 2. The second kappa shape index (κ2) is 9.16. The minimum Gasteiger partial charge on any atom is -0.493 e. The van der Waals surface area contributed by atoms with Gasteiger partial charge in [0.05, 0.1) is 32.1 Å². The Morgan fingerprint density at radius 2 is 1.86 bits per heavy atom. The molecule has 2 heterocycles. The van der Waals surface area contributed by atoms with E-state index >= 15 is 0 Å². The quantitative estimate of drug-likeness (QED) is 0.617. The summed E-state index contributed by atoms with van der Waals surface area (Å²) in [5, 5.41) is 7.38. The van der Waals surface area contributed by atoms with Gasteiger partial charge < -0.3 is 20.1 Å². The van der Waals surface area contributed by atoms with Gasteiger partial charge in [0.25, 0.3) is 11.8 Å². The summed E-state index contributed by atoms with van der Waals surface area (Å²) in [7, 11) is 3.12. The van der Waals surface area contributed by atoms with Crippen LogP contribution in [0.15, 0.2) is 48.2 Å². The van der Waals surface area contributed by atoms with Gasteiger partial charge in [0.2, 0.25) is 0 Å². The van der Waals surface area contributed by atoms with Gasteiger partial charge in [-0.25, -0.2) is 4.98 Å². The topological polar surface area (TPSA) is 102 Å². The number of thiophene rings is 1. The number of rotatable bonds is 7. The Hall–Kier alpha value is -3.46. The molecule has 9 heteroatoms. The first-order valence-electron chi connectivity index (χ1n) is 8.71. The maximum atomic E-state index is 12.8. The van der Waals surface area contributed by atoms with Gasteiger partial charge in [-0.2, -0.15) is 0 Å². The summed E-state index contributed by atoms with van der Waals surface area (Å²) in [6, 6.07) is 6.85. The van der Waals surface area contributed by atoms with E-state index in [9.17, 15) is 9.59 Å². The highest BCUT2D eigenvalue weighted by Gasteiger charge is 2.19. The van der Waals surface area contributed by atoms with Gasteiger partial charge in [-0.3, -0.25) is 14.6 Å². The molecule has 0 aliphatic rings. The molecule has 0 fully saturated rings. The summed E-state index contributed by atoms with van der Waals surface area (Å²) in [6.45, 7) is 1.87. The second-order valence-corrected chi connectivity index (χ2v) is 6.93. The molecule has 2 amide bonds. The third-order valence-corrected chi connectivity index (χ3v) is 5.08. The molecule has 1 atom stereocenters. The van der Waals surface area contributed by atoms with E-state index in [4.69, 9.17) is 9.47 Å². The maximum Gasteiger partial charge on any atom is 0.275 e. The SMILES string of the molecule is COc1ccc(C(C)NC(=O)c2sccc2NC(=O)c2cnccn2)cc1OC. The van der Waals surface area contributed by atoms with Crippen molar-refractivity contribution in [1.82, 2.24) is 15.3 Å². The zero-order valence-electron chi connectivity index (χ0n) is 16.1. The third-order valence-electron chi connectivity index (χ3n) is 4.17. The number of amides is 2. The number of nitrogens with zero attached hydrogens (tertiary/aromatic N) is 2. The molecule has 0 spiro atoms. The first-order chi connectivity index (χ1) is 14.0. The van der Waals surface area contributed by atoms with Gasteiger partial charge >= 0.3 is 0 Å². The minimum atomic E-state index is -0.432. The number of ether oxygens (including phenoxy) is 2. The van der Waals surface area contributed by atoms with Crippen molar-refractivity contribution in [2.75, 3.05) is 19.5 Å². The number of carbonyl (C=O) groups is 2. The average molecular weight is 412 g/mol. The Morgan fingerprint density at radius 3 is 2.55 bits per heavy atom. The van der Waals surface area contributed by atoms with Crippen LogP contribution in [0.2, 0.25) is 0 Å². The van der Waals surface area contributed by atoms with Crippen LogP contribution in [0, 0.1) is 0 Å². The van der Waals surface area contributed by atoms with Gasteiger partial charge in [-0.05, 0) is 36.1 Å². The summed E-state index contributed by atoms with van der Waals surface area (Å²) in [4.78, 5) is 33.3. The lowest BCUT2D eigenvalue weighted by atomic mass is 10.1. The van der Waals surface area contributed by atoms with E-state index in [-0.39, 0.29) is 17.6 Å². The summed E-state index contributed by atoms with van der Waals surface area (Å²) in [5.41, 5.74) is 1.45. The van der Waals surface area contributed by atoms with E-state index in [0.717, 1.165) is 5.56 Å². The van der Waals surface area contributed by atoms with E-state index in [1.807, 2.05) is 19.1 Å². The number of aromatic nitrogens is 2. The summed E-state index contributed by atoms with van der Waals surface area (Å²) in [6.07, 6.45) is 4.28. The molecule has 0 saturated carbocycles. The van der Waals surface area contributed by atoms with Gasteiger partial charge in [-0.15, -0.1) is 11.3 Å². The van der Waals surface area contributed by atoms with Gasteiger partial charge in [0.15, 0.2) is 11.5 Å². The van der Waals surface area contributed by atoms with Gasteiger partial charge in [0.1, 0.15) is 10.6 Å². The van der Waals surface area contributed by atoms with E-state index in [1.165, 1.54) is 29.9 Å². The zero-order valence-corrected chi connectivity index (χ0v) is 16.9. The molecule has 3 aromatic rings. The lowest BCUT2D eigenvalue weighted by Crippen LogP contribution is -2.27. The number of hydrogen-bond donors (Lipinski definition) is 2. The summed E-state index contributed by atoms with van der Waals surface area (Å²) < 4.78 is 10.6. The number of nitrogens with one attached hydrogen (secondary N) is 2. The molecule has 0 radical (unpaired) electrons. The molecule has 8 nitrogen and oxygen atoms in total. The van der Waals surface area contributed by atoms with Crippen molar-refractivity contribution in [3.05, 3.63) is 64.4 Å². The fraction of sp³-hybridized carbons (Fsp3) is 0.200. The molecule has 2 N–H and O–H groups in total. The number of hydrogen-bond acceptors (Lipinski definition) is 7. The van der Waals surface area contributed by atoms with Crippen LogP contribution >= 0.6 is 11.3 Å². The highest BCUT2D eigenvalue weighted by atomic mass is 32.1. The van der Waals surface area contributed by atoms with Crippen molar-refractivity contribution in [2.45, 2.75) is 13.0 Å². The zero-order chi connectivity index (χ0) is 20.8. The van der Waals surface area contributed by atoms with Crippen molar-refractivity contribution in [3.63, 3.8) is 0 Å². The standard InChI is InChI=1S/C20H20N4O4S/c1-12(13-4-5-16(27-2)17(10-13)28-3)23-20(26)18-14(6-9-29-18)24-19(25)15-11-21-7-8-22-15/h4-12H,1-3H3,(H,23,26)(H,24,25). The number of anilines is 1. The lowest BCUT2D eigenvalue weighted by Gasteiger charge is -2.16. The van der Waals surface area contributed by atoms with Crippen molar-refractivity contribution >= 4 is 28.8 Å². The minimum absolute atomic E-state index is 0.170. The average Bonchev–Trinajstić information content (AvgIpc) is 3.21.